The van der Waals surface area contributed by atoms with E-state index in [-0.39, 0.29) is 0 Å². The lowest BCUT2D eigenvalue weighted by Crippen LogP contribution is -2.35. The summed E-state index contributed by atoms with van der Waals surface area (Å²) < 4.78 is 5.72. The standard InChI is InChI=1S/C16H24N2O/c1-18(11-15-3-2-10-19-15)12-16(8-9-16)13-4-6-14(17)7-5-13/h4-7,15H,2-3,8-12,17H2,1H3. The van der Waals surface area contributed by atoms with Crippen LogP contribution in [-0.4, -0.2) is 37.7 Å². The fourth-order valence-corrected chi connectivity index (χ4v) is 3.24. The third-order valence-corrected chi connectivity index (χ3v) is 4.49. The molecule has 1 aromatic carbocycles. The molecule has 2 aliphatic rings. The molecule has 19 heavy (non-hydrogen) atoms. The predicted molar refractivity (Wildman–Crippen MR) is 78.2 cm³/mol. The molecular weight excluding hydrogens is 236 g/mol. The number of anilines is 1. The van der Waals surface area contributed by atoms with Crippen LogP contribution in [-0.2, 0) is 10.2 Å². The van der Waals surface area contributed by atoms with Crippen LogP contribution < -0.4 is 5.73 Å². The highest BCUT2D eigenvalue weighted by molar-refractivity contribution is 5.43. The van der Waals surface area contributed by atoms with Gasteiger partial charge in [0.2, 0.25) is 0 Å². The third-order valence-electron chi connectivity index (χ3n) is 4.49. The van der Waals surface area contributed by atoms with E-state index in [1.54, 1.807) is 0 Å². The quantitative estimate of drug-likeness (QED) is 0.826. The van der Waals surface area contributed by atoms with Crippen molar-refractivity contribution >= 4 is 5.69 Å². The van der Waals surface area contributed by atoms with Crippen LogP contribution in [0.15, 0.2) is 24.3 Å². The molecule has 1 saturated heterocycles. The van der Waals surface area contributed by atoms with Gasteiger partial charge in [0.25, 0.3) is 0 Å². The number of hydrogen-bond donors (Lipinski definition) is 1. The molecule has 0 amide bonds. The zero-order valence-electron chi connectivity index (χ0n) is 11.8. The van der Waals surface area contributed by atoms with Gasteiger partial charge >= 0.3 is 0 Å². The van der Waals surface area contributed by atoms with Gasteiger partial charge in [-0.1, -0.05) is 12.1 Å². The molecule has 0 aromatic heterocycles. The fraction of sp³-hybridized carbons (Fsp3) is 0.625. The van der Waals surface area contributed by atoms with E-state index in [0.717, 1.165) is 25.4 Å². The van der Waals surface area contributed by atoms with Gasteiger partial charge in [-0.3, -0.25) is 0 Å². The molecule has 1 heterocycles. The first kappa shape index (κ1) is 12.9. The summed E-state index contributed by atoms with van der Waals surface area (Å²) >= 11 is 0. The van der Waals surface area contributed by atoms with Crippen LogP contribution in [0.5, 0.6) is 0 Å². The number of rotatable bonds is 5. The molecular formula is C16H24N2O. The minimum atomic E-state index is 0.376. The molecule has 2 fully saturated rings. The molecule has 1 aromatic rings. The lowest BCUT2D eigenvalue weighted by Gasteiger charge is -2.26. The molecule has 1 unspecified atom stereocenters. The highest BCUT2D eigenvalue weighted by atomic mass is 16.5. The SMILES string of the molecule is CN(CC1CCCO1)CC1(c2ccc(N)cc2)CC1. The van der Waals surface area contributed by atoms with E-state index in [2.05, 4.69) is 24.1 Å². The van der Waals surface area contributed by atoms with E-state index in [4.69, 9.17) is 10.5 Å². The number of likely N-dealkylation sites (N-methyl/N-ethyl adjacent to an activating group) is 1. The van der Waals surface area contributed by atoms with Crippen molar-refractivity contribution in [2.45, 2.75) is 37.2 Å². The van der Waals surface area contributed by atoms with Crippen molar-refractivity contribution < 1.29 is 4.74 Å². The predicted octanol–water partition coefficient (Wildman–Crippen LogP) is 2.41. The van der Waals surface area contributed by atoms with Crippen molar-refractivity contribution in [1.29, 1.82) is 0 Å². The zero-order valence-corrected chi connectivity index (χ0v) is 11.8. The molecule has 0 bridgehead atoms. The maximum Gasteiger partial charge on any atom is 0.0702 e. The Morgan fingerprint density at radius 2 is 2.05 bits per heavy atom. The molecule has 0 spiro atoms. The first-order valence-corrected chi connectivity index (χ1v) is 7.34. The number of nitrogens with two attached hydrogens (primary N) is 1. The number of nitrogens with zero attached hydrogens (tertiary/aromatic N) is 1. The highest BCUT2D eigenvalue weighted by Crippen LogP contribution is 2.48. The summed E-state index contributed by atoms with van der Waals surface area (Å²) in [7, 11) is 2.22. The molecule has 3 rings (SSSR count). The first-order chi connectivity index (χ1) is 9.18. The molecule has 1 aliphatic heterocycles. The molecule has 3 heteroatoms. The van der Waals surface area contributed by atoms with Gasteiger partial charge in [-0.15, -0.1) is 0 Å². The van der Waals surface area contributed by atoms with Crippen LogP contribution in [0.25, 0.3) is 0 Å². The molecule has 2 N–H and O–H groups in total. The smallest absolute Gasteiger partial charge is 0.0702 e. The summed E-state index contributed by atoms with van der Waals surface area (Å²) in [6.45, 7) is 3.15. The van der Waals surface area contributed by atoms with Gasteiger partial charge < -0.3 is 15.4 Å². The average Bonchev–Trinajstić information content (AvgIpc) is 2.98. The highest BCUT2D eigenvalue weighted by Gasteiger charge is 2.44. The fourth-order valence-electron chi connectivity index (χ4n) is 3.24. The van der Waals surface area contributed by atoms with Crippen LogP contribution in [0.4, 0.5) is 5.69 Å². The van der Waals surface area contributed by atoms with Gasteiger partial charge in [-0.25, -0.2) is 0 Å². The van der Waals surface area contributed by atoms with E-state index in [1.807, 2.05) is 12.1 Å². The van der Waals surface area contributed by atoms with Crippen LogP contribution in [0.3, 0.4) is 0 Å². The van der Waals surface area contributed by atoms with Crippen molar-refractivity contribution in [3.05, 3.63) is 29.8 Å². The Kier molecular flexibility index (Phi) is 3.50. The van der Waals surface area contributed by atoms with Crippen LogP contribution in [0, 0.1) is 0 Å². The second-order valence-electron chi connectivity index (χ2n) is 6.23. The first-order valence-electron chi connectivity index (χ1n) is 7.34. The van der Waals surface area contributed by atoms with Gasteiger partial charge in [0, 0.05) is 30.8 Å². The van der Waals surface area contributed by atoms with E-state index < -0.39 is 0 Å². The second-order valence-corrected chi connectivity index (χ2v) is 6.23. The van der Waals surface area contributed by atoms with Gasteiger partial charge in [0.15, 0.2) is 0 Å². The summed E-state index contributed by atoms with van der Waals surface area (Å²) in [6.07, 6.45) is 5.49. The number of nitrogen functional groups attached to an aromatic ring is 1. The molecule has 1 aliphatic carbocycles. The van der Waals surface area contributed by atoms with E-state index in [0.29, 0.717) is 11.5 Å². The Labute approximate surface area is 115 Å². The average molecular weight is 260 g/mol. The number of ether oxygens (including phenoxy) is 1. The number of hydrogen-bond acceptors (Lipinski definition) is 3. The van der Waals surface area contributed by atoms with E-state index >= 15 is 0 Å². The molecule has 1 saturated carbocycles. The Balaban J connectivity index is 1.60. The second kappa shape index (κ2) is 5.14. The molecule has 1 atom stereocenters. The minimum Gasteiger partial charge on any atom is -0.399 e. The summed E-state index contributed by atoms with van der Waals surface area (Å²) in [5, 5.41) is 0. The van der Waals surface area contributed by atoms with Crippen molar-refractivity contribution in [3.63, 3.8) is 0 Å². The lowest BCUT2D eigenvalue weighted by molar-refractivity contribution is 0.0786. The van der Waals surface area contributed by atoms with E-state index in [1.165, 1.54) is 31.2 Å². The number of benzene rings is 1. The van der Waals surface area contributed by atoms with Gasteiger partial charge in [0.05, 0.1) is 6.10 Å². The topological polar surface area (TPSA) is 38.5 Å². The van der Waals surface area contributed by atoms with Gasteiger partial charge in [0.1, 0.15) is 0 Å². The molecule has 0 radical (unpaired) electrons. The van der Waals surface area contributed by atoms with Crippen molar-refractivity contribution in [1.82, 2.24) is 4.90 Å². The largest absolute Gasteiger partial charge is 0.399 e. The maximum atomic E-state index is 5.77. The molecule has 3 nitrogen and oxygen atoms in total. The monoisotopic (exact) mass is 260 g/mol. The lowest BCUT2D eigenvalue weighted by atomic mass is 9.95. The van der Waals surface area contributed by atoms with Gasteiger partial charge in [-0.05, 0) is 50.4 Å². The third kappa shape index (κ3) is 2.93. The van der Waals surface area contributed by atoms with Crippen LogP contribution in [0.2, 0.25) is 0 Å². The zero-order chi connectivity index (χ0) is 13.3. The summed E-state index contributed by atoms with van der Waals surface area (Å²) in [5.74, 6) is 0. The van der Waals surface area contributed by atoms with Crippen molar-refractivity contribution in [3.8, 4) is 0 Å². The summed E-state index contributed by atoms with van der Waals surface area (Å²) in [4.78, 5) is 2.44. The summed E-state index contributed by atoms with van der Waals surface area (Å²) in [5.41, 5.74) is 8.45. The Bertz CT molecular complexity index is 419. The Hall–Kier alpha value is -1.06. The van der Waals surface area contributed by atoms with Crippen molar-refractivity contribution in [2.24, 2.45) is 0 Å². The normalized spacial score (nSPS) is 24.8. The van der Waals surface area contributed by atoms with Gasteiger partial charge in [-0.2, -0.15) is 0 Å². The van der Waals surface area contributed by atoms with Crippen molar-refractivity contribution in [2.75, 3.05) is 32.5 Å². The van der Waals surface area contributed by atoms with Crippen LogP contribution >= 0.6 is 0 Å². The summed E-state index contributed by atoms with van der Waals surface area (Å²) in [6, 6.07) is 8.44. The van der Waals surface area contributed by atoms with E-state index in [9.17, 15) is 0 Å². The minimum absolute atomic E-state index is 0.376. The van der Waals surface area contributed by atoms with Crippen LogP contribution in [0.1, 0.15) is 31.2 Å². The Morgan fingerprint density at radius 1 is 1.32 bits per heavy atom. The molecule has 104 valence electrons. The Morgan fingerprint density at radius 3 is 2.63 bits per heavy atom. The maximum absolute atomic E-state index is 5.77.